The van der Waals surface area contributed by atoms with Gasteiger partial charge in [-0.15, -0.1) is 12.8 Å². The minimum absolute atomic E-state index is 0.541. The first-order chi connectivity index (χ1) is 15.7. The van der Waals surface area contributed by atoms with Crippen LogP contribution in [-0.2, 0) is 0 Å². The van der Waals surface area contributed by atoms with Gasteiger partial charge >= 0.3 is 0 Å². The average Bonchev–Trinajstić information content (AvgIpc) is 2.81. The Kier molecular flexibility index (Phi) is 24.6. The van der Waals surface area contributed by atoms with Crippen molar-refractivity contribution in [3.05, 3.63) is 24.3 Å². The van der Waals surface area contributed by atoms with Gasteiger partial charge in [0.15, 0.2) is 0 Å². The van der Waals surface area contributed by atoms with Crippen LogP contribution in [0.4, 0.5) is 0 Å². The van der Waals surface area contributed by atoms with E-state index in [1.807, 2.05) is 6.08 Å². The van der Waals surface area contributed by atoms with Crippen molar-refractivity contribution in [1.82, 2.24) is 0 Å². The fraction of sp³-hybridized carbons (Fsp3) is 0.733. The van der Waals surface area contributed by atoms with Crippen molar-refractivity contribution in [3.63, 3.8) is 0 Å². The van der Waals surface area contributed by atoms with Crippen molar-refractivity contribution in [2.75, 3.05) is 0 Å². The van der Waals surface area contributed by atoms with Crippen molar-refractivity contribution in [1.29, 1.82) is 0 Å². The number of hydrogen-bond donors (Lipinski definition) is 2. The fourth-order valence-corrected chi connectivity index (χ4v) is 3.85. The van der Waals surface area contributed by atoms with E-state index < -0.39 is 12.2 Å². The van der Waals surface area contributed by atoms with Crippen LogP contribution >= 0.6 is 0 Å². The van der Waals surface area contributed by atoms with E-state index in [1.54, 1.807) is 6.08 Å². The molecular formula is C30H50O2. The third-order valence-electron chi connectivity index (χ3n) is 5.94. The monoisotopic (exact) mass is 442 g/mol. The summed E-state index contributed by atoms with van der Waals surface area (Å²) in [6, 6.07) is 0. The molecule has 0 aliphatic rings. The van der Waals surface area contributed by atoms with Gasteiger partial charge < -0.3 is 10.2 Å². The van der Waals surface area contributed by atoms with E-state index in [9.17, 15) is 10.2 Å². The summed E-state index contributed by atoms with van der Waals surface area (Å²) in [6.07, 6.45) is 42.5. The summed E-state index contributed by atoms with van der Waals surface area (Å²) in [4.78, 5) is 0. The van der Waals surface area contributed by atoms with Crippen LogP contribution in [0.25, 0.3) is 0 Å². The molecule has 182 valence electrons. The molecule has 0 aromatic rings. The zero-order valence-electron chi connectivity index (χ0n) is 20.7. The molecule has 32 heavy (non-hydrogen) atoms. The highest BCUT2D eigenvalue weighted by Crippen LogP contribution is 2.13. The smallest absolute Gasteiger partial charge is 0.133 e. The Morgan fingerprint density at radius 3 is 1.28 bits per heavy atom. The molecule has 0 fully saturated rings. The molecule has 0 aromatic heterocycles. The number of unbranched alkanes of at least 4 members (excludes halogenated alkanes) is 17. The number of hydrogen-bond acceptors (Lipinski definition) is 2. The highest BCUT2D eigenvalue weighted by molar-refractivity contribution is 5.05. The lowest BCUT2D eigenvalue weighted by molar-refractivity contribution is 0.217. The van der Waals surface area contributed by atoms with Crippen LogP contribution in [-0.4, -0.2) is 22.4 Å². The molecule has 0 spiro atoms. The zero-order chi connectivity index (χ0) is 23.5. The second-order valence-electron chi connectivity index (χ2n) is 9.01. The topological polar surface area (TPSA) is 40.5 Å². The SMILES string of the molecule is C#CC(O)/C=C/CCCCCCCCC/C=C/CCCCCCCCCCCC(O)C#C. The second kappa shape index (κ2) is 25.8. The molecule has 0 amide bonds. The van der Waals surface area contributed by atoms with Gasteiger partial charge in [0.2, 0.25) is 0 Å². The van der Waals surface area contributed by atoms with Gasteiger partial charge in [0.05, 0.1) is 0 Å². The average molecular weight is 443 g/mol. The molecule has 2 nitrogen and oxygen atoms in total. The normalized spacial score (nSPS) is 13.4. The van der Waals surface area contributed by atoms with Gasteiger partial charge in [-0.05, 0) is 57.4 Å². The molecule has 2 heteroatoms. The first-order valence-electron chi connectivity index (χ1n) is 13.3. The zero-order valence-corrected chi connectivity index (χ0v) is 20.7. The first kappa shape index (κ1) is 30.5. The summed E-state index contributed by atoms with van der Waals surface area (Å²) in [6.45, 7) is 0. The van der Waals surface area contributed by atoms with E-state index in [0.29, 0.717) is 0 Å². The summed E-state index contributed by atoms with van der Waals surface area (Å²) in [5.41, 5.74) is 0. The Labute approximate surface area is 200 Å². The Morgan fingerprint density at radius 2 is 0.875 bits per heavy atom. The van der Waals surface area contributed by atoms with Crippen LogP contribution in [0.1, 0.15) is 128 Å². The van der Waals surface area contributed by atoms with E-state index in [2.05, 4.69) is 24.0 Å². The van der Waals surface area contributed by atoms with E-state index in [0.717, 1.165) is 19.3 Å². The van der Waals surface area contributed by atoms with Crippen LogP contribution < -0.4 is 0 Å². The van der Waals surface area contributed by atoms with Crippen molar-refractivity contribution in [2.45, 2.75) is 141 Å². The van der Waals surface area contributed by atoms with Crippen molar-refractivity contribution in [3.8, 4) is 24.7 Å². The molecule has 0 rings (SSSR count). The van der Waals surface area contributed by atoms with E-state index in [-0.39, 0.29) is 0 Å². The number of terminal acetylenes is 2. The predicted octanol–water partition coefficient (Wildman–Crippen LogP) is 7.89. The predicted molar refractivity (Wildman–Crippen MR) is 140 cm³/mol. The van der Waals surface area contributed by atoms with Crippen LogP contribution in [0.2, 0.25) is 0 Å². The van der Waals surface area contributed by atoms with Gasteiger partial charge in [-0.3, -0.25) is 0 Å². The van der Waals surface area contributed by atoms with Gasteiger partial charge in [0.1, 0.15) is 12.2 Å². The molecule has 2 atom stereocenters. The summed E-state index contributed by atoms with van der Waals surface area (Å²) in [5, 5.41) is 18.5. The van der Waals surface area contributed by atoms with Crippen LogP contribution in [0.15, 0.2) is 24.3 Å². The molecule has 0 aliphatic carbocycles. The third kappa shape index (κ3) is 24.8. The standard InChI is InChI=1S/C30H50O2/c1-3-29(31)27-25-23-21-19-17-15-13-11-9-7-5-6-8-10-12-14-16-18-20-22-24-26-28-30(32)4-2/h1-2,5-6,25,27,29-32H,7-24,26,28H2/b6-5+,27-25+. The largest absolute Gasteiger partial charge is 0.380 e. The highest BCUT2D eigenvalue weighted by atomic mass is 16.3. The molecule has 0 saturated heterocycles. The van der Waals surface area contributed by atoms with Gasteiger partial charge in [0, 0.05) is 0 Å². The quantitative estimate of drug-likeness (QED) is 0.0959. The Morgan fingerprint density at radius 1 is 0.500 bits per heavy atom. The lowest BCUT2D eigenvalue weighted by atomic mass is 10.0. The number of aliphatic hydroxyl groups excluding tert-OH is 2. The van der Waals surface area contributed by atoms with Crippen LogP contribution in [0, 0.1) is 24.7 Å². The summed E-state index contributed by atoms with van der Waals surface area (Å²) < 4.78 is 0. The van der Waals surface area contributed by atoms with E-state index in [1.165, 1.54) is 109 Å². The third-order valence-corrected chi connectivity index (χ3v) is 5.94. The maximum Gasteiger partial charge on any atom is 0.133 e. The lowest BCUT2D eigenvalue weighted by Crippen LogP contribution is -2.01. The summed E-state index contributed by atoms with van der Waals surface area (Å²) in [7, 11) is 0. The molecule has 0 radical (unpaired) electrons. The van der Waals surface area contributed by atoms with Gasteiger partial charge in [-0.1, -0.05) is 107 Å². The Balaban J connectivity index is 3.17. The van der Waals surface area contributed by atoms with Crippen molar-refractivity contribution >= 4 is 0 Å². The Bertz CT molecular complexity index is 520. The number of aliphatic hydroxyl groups is 2. The minimum atomic E-state index is -0.720. The molecule has 0 bridgehead atoms. The van der Waals surface area contributed by atoms with Crippen molar-refractivity contribution in [2.24, 2.45) is 0 Å². The second-order valence-corrected chi connectivity index (χ2v) is 9.01. The number of rotatable bonds is 23. The molecule has 0 heterocycles. The van der Waals surface area contributed by atoms with Crippen molar-refractivity contribution < 1.29 is 10.2 Å². The van der Waals surface area contributed by atoms with Gasteiger partial charge in [-0.2, -0.15) is 0 Å². The Hall–Kier alpha value is -1.48. The summed E-state index contributed by atoms with van der Waals surface area (Å²) in [5.74, 6) is 4.66. The van der Waals surface area contributed by atoms with E-state index in [4.69, 9.17) is 12.8 Å². The van der Waals surface area contributed by atoms with Crippen LogP contribution in [0.5, 0.6) is 0 Å². The first-order valence-corrected chi connectivity index (χ1v) is 13.3. The highest BCUT2D eigenvalue weighted by Gasteiger charge is 1.98. The fourth-order valence-electron chi connectivity index (χ4n) is 3.85. The lowest BCUT2D eigenvalue weighted by Gasteiger charge is -2.03. The van der Waals surface area contributed by atoms with Gasteiger partial charge in [-0.25, -0.2) is 0 Å². The molecule has 0 saturated carbocycles. The minimum Gasteiger partial charge on any atom is -0.380 e. The number of allylic oxidation sites excluding steroid dienone is 3. The molecule has 0 aliphatic heterocycles. The maximum atomic E-state index is 9.29. The van der Waals surface area contributed by atoms with E-state index >= 15 is 0 Å². The summed E-state index contributed by atoms with van der Waals surface area (Å²) >= 11 is 0. The van der Waals surface area contributed by atoms with Crippen LogP contribution in [0.3, 0.4) is 0 Å². The molecule has 2 N–H and O–H groups in total. The molecule has 0 aromatic carbocycles. The molecule has 2 unspecified atom stereocenters. The maximum absolute atomic E-state index is 9.29. The van der Waals surface area contributed by atoms with Gasteiger partial charge in [0.25, 0.3) is 0 Å². The molecular weight excluding hydrogens is 392 g/mol.